The molecule has 3 rings (SSSR count). The van der Waals surface area contributed by atoms with Crippen molar-refractivity contribution < 1.29 is 27.1 Å². The highest BCUT2D eigenvalue weighted by molar-refractivity contribution is 7.89. The number of hydrogen-bond acceptors (Lipinski definition) is 5. The zero-order valence-corrected chi connectivity index (χ0v) is 14.5. The summed E-state index contributed by atoms with van der Waals surface area (Å²) < 4.78 is 49.8. The standard InChI is InChI=1S/C17H17FN2O5S/c18-13-3-1-12(2-4-13)7-8-19-17(21)10-20-26(22,23)14-5-6-15-16(9-14)25-11-24-15/h1-6,9,20H,7-8,10-11H2,(H,19,21). The Hall–Kier alpha value is -2.65. The molecule has 0 aromatic heterocycles. The average Bonchev–Trinajstić information content (AvgIpc) is 3.09. The molecule has 138 valence electrons. The predicted molar refractivity (Wildman–Crippen MR) is 90.9 cm³/mol. The van der Waals surface area contributed by atoms with E-state index in [0.29, 0.717) is 24.5 Å². The molecule has 0 saturated carbocycles. The monoisotopic (exact) mass is 380 g/mol. The van der Waals surface area contributed by atoms with Gasteiger partial charge in [0.05, 0.1) is 11.4 Å². The third kappa shape index (κ3) is 4.50. The molecule has 2 N–H and O–H groups in total. The summed E-state index contributed by atoms with van der Waals surface area (Å²) in [6, 6.07) is 10.2. The SMILES string of the molecule is O=C(CNS(=O)(=O)c1ccc2c(c1)OCO2)NCCc1ccc(F)cc1. The van der Waals surface area contributed by atoms with Crippen LogP contribution in [-0.2, 0) is 21.2 Å². The Kier molecular flexibility index (Phi) is 5.38. The Labute approximate surface area is 150 Å². The number of rotatable bonds is 7. The number of carbonyl (C=O) groups is 1. The van der Waals surface area contributed by atoms with Crippen molar-refractivity contribution in [2.75, 3.05) is 19.9 Å². The molecule has 1 amide bonds. The lowest BCUT2D eigenvalue weighted by atomic mass is 10.1. The van der Waals surface area contributed by atoms with Crippen LogP contribution in [0.5, 0.6) is 11.5 Å². The van der Waals surface area contributed by atoms with Crippen molar-refractivity contribution in [3.8, 4) is 11.5 Å². The highest BCUT2D eigenvalue weighted by Crippen LogP contribution is 2.33. The van der Waals surface area contributed by atoms with Crippen LogP contribution in [0.15, 0.2) is 47.4 Å². The molecule has 0 unspecified atom stereocenters. The normalized spacial score (nSPS) is 12.8. The van der Waals surface area contributed by atoms with E-state index in [9.17, 15) is 17.6 Å². The summed E-state index contributed by atoms with van der Waals surface area (Å²) in [6.45, 7) is -0.0286. The maximum Gasteiger partial charge on any atom is 0.241 e. The van der Waals surface area contributed by atoms with E-state index in [1.54, 1.807) is 12.1 Å². The van der Waals surface area contributed by atoms with Crippen LogP contribution in [0.3, 0.4) is 0 Å². The molecule has 0 saturated heterocycles. The molecule has 0 fully saturated rings. The molecule has 1 heterocycles. The lowest BCUT2D eigenvalue weighted by molar-refractivity contribution is -0.119. The fourth-order valence-electron chi connectivity index (χ4n) is 2.35. The number of hydrogen-bond donors (Lipinski definition) is 2. The first-order chi connectivity index (χ1) is 12.4. The van der Waals surface area contributed by atoms with Crippen molar-refractivity contribution in [1.82, 2.24) is 10.0 Å². The number of benzene rings is 2. The summed E-state index contributed by atoms with van der Waals surface area (Å²) in [7, 11) is -3.85. The summed E-state index contributed by atoms with van der Waals surface area (Å²) in [5, 5.41) is 2.61. The molecule has 0 bridgehead atoms. The number of sulfonamides is 1. The lowest BCUT2D eigenvalue weighted by Gasteiger charge is -2.08. The molecule has 1 aliphatic heterocycles. The summed E-state index contributed by atoms with van der Waals surface area (Å²) in [5.41, 5.74) is 0.868. The van der Waals surface area contributed by atoms with E-state index >= 15 is 0 Å². The van der Waals surface area contributed by atoms with Crippen molar-refractivity contribution in [2.24, 2.45) is 0 Å². The zero-order chi connectivity index (χ0) is 18.6. The molecule has 26 heavy (non-hydrogen) atoms. The lowest BCUT2D eigenvalue weighted by Crippen LogP contribution is -2.37. The topological polar surface area (TPSA) is 93.7 Å². The second-order valence-corrected chi connectivity index (χ2v) is 7.33. The van der Waals surface area contributed by atoms with E-state index in [4.69, 9.17) is 9.47 Å². The predicted octanol–water partition coefficient (Wildman–Crippen LogP) is 1.19. The fraction of sp³-hybridized carbons (Fsp3) is 0.235. The Morgan fingerprint density at radius 1 is 1.08 bits per heavy atom. The quantitative estimate of drug-likeness (QED) is 0.753. The minimum absolute atomic E-state index is 0.0131. The average molecular weight is 380 g/mol. The van der Waals surface area contributed by atoms with Crippen LogP contribution in [0.25, 0.3) is 0 Å². The van der Waals surface area contributed by atoms with Gasteiger partial charge >= 0.3 is 0 Å². The first-order valence-corrected chi connectivity index (χ1v) is 9.33. The number of fused-ring (bicyclic) bond motifs is 1. The Morgan fingerprint density at radius 2 is 1.81 bits per heavy atom. The van der Waals surface area contributed by atoms with E-state index in [1.807, 2.05) is 0 Å². The van der Waals surface area contributed by atoms with Gasteiger partial charge in [-0.25, -0.2) is 17.5 Å². The number of nitrogens with one attached hydrogen (secondary N) is 2. The Bertz CT molecular complexity index is 900. The van der Waals surface area contributed by atoms with Crippen LogP contribution in [-0.4, -0.2) is 34.2 Å². The second-order valence-electron chi connectivity index (χ2n) is 5.57. The summed E-state index contributed by atoms with van der Waals surface area (Å²) in [6.07, 6.45) is 0.515. The summed E-state index contributed by atoms with van der Waals surface area (Å²) >= 11 is 0. The largest absolute Gasteiger partial charge is 0.454 e. The Balaban J connectivity index is 1.48. The van der Waals surface area contributed by atoms with Crippen molar-refractivity contribution in [3.05, 3.63) is 53.8 Å². The van der Waals surface area contributed by atoms with Gasteiger partial charge in [-0.05, 0) is 36.2 Å². The van der Waals surface area contributed by atoms with Gasteiger partial charge in [0.25, 0.3) is 0 Å². The van der Waals surface area contributed by atoms with Crippen molar-refractivity contribution in [3.63, 3.8) is 0 Å². The molecule has 2 aromatic rings. The van der Waals surface area contributed by atoms with Crippen LogP contribution in [0.4, 0.5) is 4.39 Å². The van der Waals surface area contributed by atoms with E-state index in [1.165, 1.54) is 30.3 Å². The Morgan fingerprint density at radius 3 is 2.58 bits per heavy atom. The van der Waals surface area contributed by atoms with E-state index < -0.39 is 15.9 Å². The third-order valence-corrected chi connectivity index (χ3v) is 5.13. The zero-order valence-electron chi connectivity index (χ0n) is 13.7. The molecule has 9 heteroatoms. The third-order valence-electron chi connectivity index (χ3n) is 3.73. The van der Waals surface area contributed by atoms with Gasteiger partial charge in [0.2, 0.25) is 22.7 Å². The molecule has 0 spiro atoms. The van der Waals surface area contributed by atoms with E-state index in [2.05, 4.69) is 10.0 Å². The minimum Gasteiger partial charge on any atom is -0.454 e. The molecule has 0 aliphatic carbocycles. The number of ether oxygens (including phenoxy) is 2. The van der Waals surface area contributed by atoms with E-state index in [0.717, 1.165) is 5.56 Å². The molecule has 0 atom stereocenters. The van der Waals surface area contributed by atoms with Gasteiger partial charge < -0.3 is 14.8 Å². The van der Waals surface area contributed by atoms with Gasteiger partial charge in [0, 0.05) is 12.6 Å². The number of carbonyl (C=O) groups excluding carboxylic acids is 1. The fourth-order valence-corrected chi connectivity index (χ4v) is 3.34. The molecular formula is C17H17FN2O5S. The maximum absolute atomic E-state index is 12.8. The van der Waals surface area contributed by atoms with Crippen molar-refractivity contribution in [1.29, 1.82) is 0 Å². The summed E-state index contributed by atoms with van der Waals surface area (Å²) in [4.78, 5) is 11.8. The van der Waals surface area contributed by atoms with Gasteiger partial charge in [-0.2, -0.15) is 0 Å². The minimum atomic E-state index is -3.85. The van der Waals surface area contributed by atoms with Crippen molar-refractivity contribution in [2.45, 2.75) is 11.3 Å². The van der Waals surface area contributed by atoms with Gasteiger partial charge in [-0.1, -0.05) is 12.1 Å². The second kappa shape index (κ2) is 7.71. The first kappa shape index (κ1) is 18.2. The highest BCUT2D eigenvalue weighted by Gasteiger charge is 2.20. The van der Waals surface area contributed by atoms with Crippen molar-refractivity contribution >= 4 is 15.9 Å². The maximum atomic E-state index is 12.8. The van der Waals surface area contributed by atoms with Gasteiger partial charge in [0.15, 0.2) is 11.5 Å². The summed E-state index contributed by atoms with van der Waals surface area (Å²) in [5.74, 6) is 0.0336. The first-order valence-electron chi connectivity index (χ1n) is 7.84. The number of halogens is 1. The van der Waals surface area contributed by atoms with Gasteiger partial charge in [0.1, 0.15) is 5.82 Å². The van der Waals surface area contributed by atoms with Crippen LogP contribution >= 0.6 is 0 Å². The van der Waals surface area contributed by atoms with Crippen LogP contribution < -0.4 is 19.5 Å². The van der Waals surface area contributed by atoms with Crippen LogP contribution in [0.1, 0.15) is 5.56 Å². The molecule has 1 aliphatic rings. The smallest absolute Gasteiger partial charge is 0.241 e. The van der Waals surface area contributed by atoms with Crippen LogP contribution in [0.2, 0.25) is 0 Å². The van der Waals surface area contributed by atoms with Gasteiger partial charge in [-0.15, -0.1) is 0 Å². The van der Waals surface area contributed by atoms with Crippen LogP contribution in [0, 0.1) is 5.82 Å². The molecule has 2 aromatic carbocycles. The molecular weight excluding hydrogens is 363 g/mol. The number of amides is 1. The van der Waals surface area contributed by atoms with Gasteiger partial charge in [-0.3, -0.25) is 4.79 Å². The molecule has 0 radical (unpaired) electrons. The molecule has 7 nitrogen and oxygen atoms in total. The highest BCUT2D eigenvalue weighted by atomic mass is 32.2. The van der Waals surface area contributed by atoms with E-state index in [-0.39, 0.29) is 24.1 Å².